The van der Waals surface area contributed by atoms with Crippen molar-refractivity contribution in [3.63, 3.8) is 0 Å². The number of hydrogen-bond acceptors (Lipinski definition) is 2. The van der Waals surface area contributed by atoms with Crippen LogP contribution in [0.1, 0.15) is 26.3 Å². The molecule has 0 fully saturated rings. The van der Waals surface area contributed by atoms with E-state index in [1.165, 1.54) is 0 Å². The first kappa shape index (κ1) is 20.9. The third kappa shape index (κ3) is 3.57. The van der Waals surface area contributed by atoms with E-state index in [9.17, 15) is 35.5 Å². The van der Waals surface area contributed by atoms with Crippen LogP contribution in [0.25, 0.3) is 10.9 Å². The minimum atomic E-state index is -6.25. The van der Waals surface area contributed by atoms with Crippen LogP contribution >= 0.6 is 0 Å². The number of pyridine rings is 1. The number of hydrogen-bond donors (Lipinski definition) is 1. The number of nitrogens with zero attached hydrogens (tertiary/aromatic N) is 1. The number of halogens is 7. The van der Waals surface area contributed by atoms with Crippen molar-refractivity contribution in [2.45, 2.75) is 38.8 Å². The second-order valence-corrected chi connectivity index (χ2v) is 6.92. The molecule has 1 aromatic heterocycles. The maximum atomic E-state index is 14.5. The van der Waals surface area contributed by atoms with Gasteiger partial charge in [0.2, 0.25) is 5.91 Å². The minimum Gasteiger partial charge on any atom is -0.324 e. The molecular weight excluding hydrogens is 381 g/mol. The summed E-state index contributed by atoms with van der Waals surface area (Å²) in [5, 5.41) is 1.69. The minimum absolute atomic E-state index is 0.124. The molecule has 27 heavy (non-hydrogen) atoms. The van der Waals surface area contributed by atoms with Crippen molar-refractivity contribution in [3.05, 3.63) is 36.0 Å². The number of alkyl halides is 7. The molecule has 3 nitrogen and oxygen atoms in total. The van der Waals surface area contributed by atoms with Gasteiger partial charge in [0, 0.05) is 22.6 Å². The summed E-state index contributed by atoms with van der Waals surface area (Å²) in [4.78, 5) is 15.8. The number of fused-ring (bicyclic) bond motifs is 1. The van der Waals surface area contributed by atoms with Gasteiger partial charge < -0.3 is 5.32 Å². The summed E-state index contributed by atoms with van der Waals surface area (Å²) in [7, 11) is 0. The number of amides is 1. The molecule has 0 unspecified atom stereocenters. The molecule has 0 saturated carbocycles. The van der Waals surface area contributed by atoms with E-state index in [0.717, 1.165) is 24.4 Å². The number of carbonyl (C=O) groups excluding carboxylic acids is 1. The first-order valence-electron chi connectivity index (χ1n) is 7.62. The molecule has 1 N–H and O–H groups in total. The normalized spacial score (nSPS) is 13.7. The van der Waals surface area contributed by atoms with Gasteiger partial charge in [-0.05, 0) is 12.1 Å². The smallest absolute Gasteiger partial charge is 0.324 e. The Kier molecular flexibility index (Phi) is 4.92. The van der Waals surface area contributed by atoms with Crippen LogP contribution in [0, 0.1) is 5.41 Å². The highest BCUT2D eigenvalue weighted by atomic mass is 19.4. The van der Waals surface area contributed by atoms with Gasteiger partial charge >= 0.3 is 18.0 Å². The third-order valence-corrected chi connectivity index (χ3v) is 3.85. The Morgan fingerprint density at radius 3 is 1.96 bits per heavy atom. The average molecular weight is 396 g/mol. The molecule has 0 radical (unpaired) electrons. The number of aromatic nitrogens is 1. The lowest BCUT2D eigenvalue weighted by molar-refractivity contribution is -0.348. The lowest BCUT2D eigenvalue weighted by Crippen LogP contribution is -2.50. The number of benzene rings is 1. The SMILES string of the molecule is CC(C)(C)C(=O)Nc1ccc(C(F)(C(F)(F)F)C(F)(F)F)c2cccnc12. The summed E-state index contributed by atoms with van der Waals surface area (Å²) in [5.74, 6) is -0.541. The summed E-state index contributed by atoms with van der Waals surface area (Å²) < 4.78 is 93.1. The standard InChI is InChI=1S/C17H15F7N2O/c1-14(2,3)13(27)26-11-7-6-10(9-5-4-8-25-12(9)11)15(18,16(19,20)21)17(22,23)24/h4-8H,1-3H3,(H,26,27). The number of anilines is 1. The van der Waals surface area contributed by atoms with Gasteiger partial charge in [0.25, 0.3) is 0 Å². The van der Waals surface area contributed by atoms with Crippen molar-refractivity contribution in [1.82, 2.24) is 4.98 Å². The Bertz CT molecular complexity index is 852. The van der Waals surface area contributed by atoms with Gasteiger partial charge in [-0.3, -0.25) is 9.78 Å². The third-order valence-electron chi connectivity index (χ3n) is 3.85. The molecule has 2 aromatic rings. The van der Waals surface area contributed by atoms with Crippen LogP contribution in [0.5, 0.6) is 0 Å². The Balaban J connectivity index is 2.76. The van der Waals surface area contributed by atoms with Gasteiger partial charge in [0.15, 0.2) is 0 Å². The van der Waals surface area contributed by atoms with E-state index in [1.54, 1.807) is 20.8 Å². The number of carbonyl (C=O) groups is 1. The molecule has 0 saturated heterocycles. The number of rotatable bonds is 2. The van der Waals surface area contributed by atoms with Gasteiger partial charge in [-0.15, -0.1) is 0 Å². The molecule has 1 heterocycles. The zero-order valence-corrected chi connectivity index (χ0v) is 14.4. The molecule has 0 aliphatic carbocycles. The molecule has 0 atom stereocenters. The van der Waals surface area contributed by atoms with Crippen molar-refractivity contribution in [2.75, 3.05) is 5.32 Å². The van der Waals surface area contributed by atoms with E-state index in [2.05, 4.69) is 10.3 Å². The maximum Gasteiger partial charge on any atom is 0.435 e. The van der Waals surface area contributed by atoms with Crippen LogP contribution in [0.2, 0.25) is 0 Å². The molecule has 0 spiro atoms. The van der Waals surface area contributed by atoms with Crippen molar-refractivity contribution >= 4 is 22.5 Å². The fourth-order valence-corrected chi connectivity index (χ4v) is 2.35. The van der Waals surface area contributed by atoms with Crippen molar-refractivity contribution in [3.8, 4) is 0 Å². The van der Waals surface area contributed by atoms with Crippen LogP contribution in [0.4, 0.5) is 36.4 Å². The predicted octanol–water partition coefficient (Wildman–Crippen LogP) is 5.51. The van der Waals surface area contributed by atoms with E-state index in [4.69, 9.17) is 0 Å². The van der Waals surface area contributed by atoms with Crippen molar-refractivity contribution in [1.29, 1.82) is 0 Å². The van der Waals surface area contributed by atoms with Crippen LogP contribution in [0.3, 0.4) is 0 Å². The second-order valence-electron chi connectivity index (χ2n) is 6.92. The van der Waals surface area contributed by atoms with Gasteiger partial charge in [0.1, 0.15) is 0 Å². The topological polar surface area (TPSA) is 42.0 Å². The Morgan fingerprint density at radius 1 is 0.926 bits per heavy atom. The maximum absolute atomic E-state index is 14.5. The molecule has 148 valence electrons. The molecule has 0 bridgehead atoms. The van der Waals surface area contributed by atoms with Crippen LogP contribution < -0.4 is 5.32 Å². The molecule has 2 rings (SSSR count). The fraction of sp³-hybridized carbons (Fsp3) is 0.412. The molecule has 0 aliphatic rings. The van der Waals surface area contributed by atoms with Crippen LogP contribution in [0.15, 0.2) is 30.5 Å². The molecular formula is C17H15F7N2O. The Labute approximate surface area is 149 Å². The van der Waals surface area contributed by atoms with Crippen LogP contribution in [-0.2, 0) is 10.5 Å². The van der Waals surface area contributed by atoms with Crippen molar-refractivity contribution in [2.24, 2.45) is 5.41 Å². The number of nitrogens with one attached hydrogen (secondary N) is 1. The predicted molar refractivity (Wildman–Crippen MR) is 84.7 cm³/mol. The van der Waals surface area contributed by atoms with Crippen molar-refractivity contribution < 1.29 is 35.5 Å². The van der Waals surface area contributed by atoms with Crippen LogP contribution in [-0.4, -0.2) is 23.2 Å². The summed E-state index contributed by atoms with van der Waals surface area (Å²) in [6.07, 6.45) is -11.4. The summed E-state index contributed by atoms with van der Waals surface area (Å²) in [6.45, 7) is 4.69. The zero-order valence-electron chi connectivity index (χ0n) is 14.4. The largest absolute Gasteiger partial charge is 0.435 e. The lowest BCUT2D eigenvalue weighted by Gasteiger charge is -2.31. The summed E-state index contributed by atoms with van der Waals surface area (Å²) in [6, 6.07) is 3.11. The quantitative estimate of drug-likeness (QED) is 0.681. The zero-order chi connectivity index (χ0) is 20.8. The highest BCUT2D eigenvalue weighted by Crippen LogP contribution is 2.54. The van der Waals surface area contributed by atoms with E-state index in [1.807, 2.05) is 0 Å². The molecule has 10 heteroatoms. The first-order valence-corrected chi connectivity index (χ1v) is 7.62. The first-order chi connectivity index (χ1) is 12.1. The summed E-state index contributed by atoms with van der Waals surface area (Å²) >= 11 is 0. The molecule has 0 aliphatic heterocycles. The average Bonchev–Trinajstić information content (AvgIpc) is 2.51. The van der Waals surface area contributed by atoms with Gasteiger partial charge in [-0.25, -0.2) is 4.39 Å². The van der Waals surface area contributed by atoms with Gasteiger partial charge in [0.05, 0.1) is 11.2 Å². The van der Waals surface area contributed by atoms with E-state index in [-0.39, 0.29) is 11.2 Å². The second kappa shape index (κ2) is 6.35. The lowest BCUT2D eigenvalue weighted by atomic mass is 9.90. The van der Waals surface area contributed by atoms with E-state index < -0.39 is 40.3 Å². The van der Waals surface area contributed by atoms with E-state index >= 15 is 0 Å². The fourth-order valence-electron chi connectivity index (χ4n) is 2.35. The monoisotopic (exact) mass is 396 g/mol. The Hall–Kier alpha value is -2.39. The molecule has 1 amide bonds. The van der Waals surface area contributed by atoms with E-state index in [0.29, 0.717) is 6.07 Å². The Morgan fingerprint density at radius 2 is 1.48 bits per heavy atom. The van der Waals surface area contributed by atoms with Gasteiger partial charge in [-0.2, -0.15) is 26.3 Å². The highest BCUT2D eigenvalue weighted by molar-refractivity contribution is 6.03. The van der Waals surface area contributed by atoms with Gasteiger partial charge in [-0.1, -0.05) is 32.9 Å². The summed E-state index contributed by atoms with van der Waals surface area (Å²) in [5.41, 5.74) is -8.63. The highest BCUT2D eigenvalue weighted by Gasteiger charge is 2.74. The molecule has 1 aromatic carbocycles.